The molecule has 0 aliphatic heterocycles. The summed E-state index contributed by atoms with van der Waals surface area (Å²) in [4.78, 5) is 11.9. The maximum absolute atomic E-state index is 11.9. The van der Waals surface area contributed by atoms with Gasteiger partial charge in [0.2, 0.25) is 5.91 Å². The van der Waals surface area contributed by atoms with Crippen molar-refractivity contribution in [1.29, 1.82) is 5.26 Å². The van der Waals surface area contributed by atoms with Crippen LogP contribution in [0.4, 0.5) is 5.69 Å². The molecule has 0 saturated heterocycles. The highest BCUT2D eigenvalue weighted by molar-refractivity contribution is 5.90. The molecule has 1 amide bonds. The van der Waals surface area contributed by atoms with Crippen LogP contribution in [0.1, 0.15) is 44.1 Å². The van der Waals surface area contributed by atoms with E-state index < -0.39 is 0 Å². The molecule has 1 aliphatic rings. The Bertz CT molecular complexity index is 453. The van der Waals surface area contributed by atoms with Gasteiger partial charge in [-0.2, -0.15) is 5.26 Å². The Morgan fingerprint density at radius 1 is 1.21 bits per heavy atom. The van der Waals surface area contributed by atoms with Crippen molar-refractivity contribution in [3.8, 4) is 6.07 Å². The maximum Gasteiger partial charge on any atom is 0.224 e. The van der Waals surface area contributed by atoms with Gasteiger partial charge >= 0.3 is 0 Å². The van der Waals surface area contributed by atoms with Crippen molar-refractivity contribution in [3.63, 3.8) is 0 Å². The lowest BCUT2D eigenvalue weighted by Crippen LogP contribution is -2.18. The molecule has 1 aromatic rings. The Morgan fingerprint density at radius 2 is 1.89 bits per heavy atom. The second kappa shape index (κ2) is 6.94. The highest BCUT2D eigenvalue weighted by Gasteiger charge is 2.16. The molecule has 1 aliphatic carbocycles. The van der Waals surface area contributed by atoms with Crippen molar-refractivity contribution in [2.75, 3.05) is 5.32 Å². The fourth-order valence-electron chi connectivity index (χ4n) is 2.66. The monoisotopic (exact) mass is 256 g/mol. The van der Waals surface area contributed by atoms with Crippen LogP contribution in [0.5, 0.6) is 0 Å². The molecule has 3 nitrogen and oxygen atoms in total. The lowest BCUT2D eigenvalue weighted by atomic mass is 9.87. The van der Waals surface area contributed by atoms with Gasteiger partial charge in [0.1, 0.15) is 0 Å². The summed E-state index contributed by atoms with van der Waals surface area (Å²) in [5, 5.41) is 11.5. The molecule has 19 heavy (non-hydrogen) atoms. The number of carbonyl (C=O) groups excluding carboxylic acids is 1. The first-order valence-electron chi connectivity index (χ1n) is 7.03. The quantitative estimate of drug-likeness (QED) is 0.893. The number of nitriles is 1. The molecule has 1 aromatic carbocycles. The molecule has 1 fully saturated rings. The summed E-state index contributed by atoms with van der Waals surface area (Å²) in [6.07, 6.45) is 7.28. The number of carbonyl (C=O) groups is 1. The van der Waals surface area contributed by atoms with E-state index in [9.17, 15) is 4.79 Å². The van der Waals surface area contributed by atoms with E-state index in [-0.39, 0.29) is 5.91 Å². The Hall–Kier alpha value is -1.82. The Labute approximate surface area is 114 Å². The van der Waals surface area contributed by atoms with E-state index in [2.05, 4.69) is 11.4 Å². The number of nitrogens with one attached hydrogen (secondary N) is 1. The molecule has 0 unspecified atom stereocenters. The zero-order valence-electron chi connectivity index (χ0n) is 11.2. The normalized spacial score (nSPS) is 15.7. The third-order valence-corrected chi connectivity index (χ3v) is 3.72. The number of amides is 1. The van der Waals surface area contributed by atoms with Gasteiger partial charge < -0.3 is 5.32 Å². The molecular formula is C16H20N2O. The van der Waals surface area contributed by atoms with Crippen molar-refractivity contribution in [3.05, 3.63) is 29.8 Å². The van der Waals surface area contributed by atoms with Crippen molar-refractivity contribution < 1.29 is 4.79 Å². The molecule has 1 N–H and O–H groups in total. The van der Waals surface area contributed by atoms with E-state index in [0.717, 1.165) is 11.3 Å². The summed E-state index contributed by atoms with van der Waals surface area (Å²) in [6, 6.07) is 9.62. The summed E-state index contributed by atoms with van der Waals surface area (Å²) >= 11 is 0. The van der Waals surface area contributed by atoms with E-state index in [1.54, 1.807) is 0 Å². The van der Waals surface area contributed by atoms with Gasteiger partial charge in [0.05, 0.1) is 12.5 Å². The SMILES string of the molecule is N#CCc1ccc(NC(=O)CC2CCCCC2)cc1. The van der Waals surface area contributed by atoms with E-state index in [0.29, 0.717) is 18.8 Å². The number of hydrogen-bond donors (Lipinski definition) is 1. The molecule has 0 aromatic heterocycles. The number of hydrogen-bond acceptors (Lipinski definition) is 2. The molecule has 2 rings (SSSR count). The fourth-order valence-corrected chi connectivity index (χ4v) is 2.66. The largest absolute Gasteiger partial charge is 0.326 e. The van der Waals surface area contributed by atoms with Crippen molar-refractivity contribution in [1.82, 2.24) is 0 Å². The van der Waals surface area contributed by atoms with Crippen molar-refractivity contribution in [2.24, 2.45) is 5.92 Å². The minimum atomic E-state index is 0.111. The first-order valence-corrected chi connectivity index (χ1v) is 7.03. The molecule has 0 heterocycles. The zero-order valence-corrected chi connectivity index (χ0v) is 11.2. The molecule has 0 spiro atoms. The fraction of sp³-hybridized carbons (Fsp3) is 0.500. The lowest BCUT2D eigenvalue weighted by molar-refractivity contribution is -0.117. The van der Waals surface area contributed by atoms with E-state index in [1.165, 1.54) is 32.1 Å². The predicted molar refractivity (Wildman–Crippen MR) is 75.6 cm³/mol. The molecule has 0 radical (unpaired) electrons. The third kappa shape index (κ3) is 4.40. The standard InChI is InChI=1S/C16H20N2O/c17-11-10-13-6-8-15(9-7-13)18-16(19)12-14-4-2-1-3-5-14/h6-9,14H,1-5,10,12H2,(H,18,19). The summed E-state index contributed by atoms with van der Waals surface area (Å²) in [5.74, 6) is 0.673. The van der Waals surface area contributed by atoms with Gasteiger partial charge in [0.25, 0.3) is 0 Å². The van der Waals surface area contributed by atoms with E-state index in [1.807, 2.05) is 24.3 Å². The summed E-state index contributed by atoms with van der Waals surface area (Å²) < 4.78 is 0. The van der Waals surface area contributed by atoms with Crippen LogP contribution < -0.4 is 5.32 Å². The Kier molecular flexibility index (Phi) is 4.97. The first kappa shape index (κ1) is 13.6. The van der Waals surface area contributed by atoms with Crippen LogP contribution >= 0.6 is 0 Å². The summed E-state index contributed by atoms with van der Waals surface area (Å²) in [6.45, 7) is 0. The van der Waals surface area contributed by atoms with Gasteiger partial charge in [0.15, 0.2) is 0 Å². The molecule has 0 bridgehead atoms. The smallest absolute Gasteiger partial charge is 0.224 e. The second-order valence-corrected chi connectivity index (χ2v) is 5.29. The highest BCUT2D eigenvalue weighted by atomic mass is 16.1. The molecule has 3 heteroatoms. The predicted octanol–water partition coefficient (Wildman–Crippen LogP) is 3.66. The Morgan fingerprint density at radius 3 is 2.53 bits per heavy atom. The summed E-state index contributed by atoms with van der Waals surface area (Å²) in [7, 11) is 0. The van der Waals surface area contributed by atoms with Gasteiger partial charge in [-0.1, -0.05) is 31.4 Å². The lowest BCUT2D eigenvalue weighted by Gasteiger charge is -2.20. The van der Waals surface area contributed by atoms with Gasteiger partial charge in [-0.25, -0.2) is 0 Å². The van der Waals surface area contributed by atoms with Crippen LogP contribution in [0.15, 0.2) is 24.3 Å². The molecule has 0 atom stereocenters. The minimum absolute atomic E-state index is 0.111. The van der Waals surface area contributed by atoms with Gasteiger partial charge in [-0.3, -0.25) is 4.79 Å². The van der Waals surface area contributed by atoms with E-state index in [4.69, 9.17) is 5.26 Å². The third-order valence-electron chi connectivity index (χ3n) is 3.72. The average Bonchev–Trinajstić information content (AvgIpc) is 2.42. The van der Waals surface area contributed by atoms with Crippen LogP contribution in [-0.4, -0.2) is 5.91 Å². The van der Waals surface area contributed by atoms with Crippen LogP contribution in [0, 0.1) is 17.2 Å². The van der Waals surface area contributed by atoms with Gasteiger partial charge in [0, 0.05) is 12.1 Å². The second-order valence-electron chi connectivity index (χ2n) is 5.29. The average molecular weight is 256 g/mol. The zero-order chi connectivity index (χ0) is 13.5. The van der Waals surface area contributed by atoms with Gasteiger partial charge in [-0.15, -0.1) is 0 Å². The van der Waals surface area contributed by atoms with Crippen molar-refractivity contribution >= 4 is 11.6 Å². The Balaban J connectivity index is 1.82. The topological polar surface area (TPSA) is 52.9 Å². The highest BCUT2D eigenvalue weighted by Crippen LogP contribution is 2.26. The summed E-state index contributed by atoms with van der Waals surface area (Å²) in [5.41, 5.74) is 1.80. The molecule has 100 valence electrons. The minimum Gasteiger partial charge on any atom is -0.326 e. The van der Waals surface area contributed by atoms with Crippen LogP contribution in [0.2, 0.25) is 0 Å². The van der Waals surface area contributed by atoms with E-state index >= 15 is 0 Å². The number of benzene rings is 1. The number of anilines is 1. The number of nitrogens with zero attached hydrogens (tertiary/aromatic N) is 1. The first-order chi connectivity index (χ1) is 9.28. The number of rotatable bonds is 4. The maximum atomic E-state index is 11.9. The van der Waals surface area contributed by atoms with Crippen LogP contribution in [0.3, 0.4) is 0 Å². The van der Waals surface area contributed by atoms with Crippen LogP contribution in [0.25, 0.3) is 0 Å². The molecular weight excluding hydrogens is 236 g/mol. The van der Waals surface area contributed by atoms with Gasteiger partial charge in [-0.05, 0) is 36.5 Å². The van der Waals surface area contributed by atoms with Crippen molar-refractivity contribution in [2.45, 2.75) is 44.9 Å². The molecule has 1 saturated carbocycles. The van der Waals surface area contributed by atoms with Crippen LogP contribution in [-0.2, 0) is 11.2 Å².